The summed E-state index contributed by atoms with van der Waals surface area (Å²) in [6, 6.07) is 7.09. The van der Waals surface area contributed by atoms with E-state index in [2.05, 4.69) is 5.32 Å². The number of hydrogen-bond donors (Lipinski definition) is 1. The van der Waals surface area contributed by atoms with Crippen LogP contribution in [0.15, 0.2) is 30.3 Å². The van der Waals surface area contributed by atoms with Crippen LogP contribution in [-0.4, -0.2) is 5.91 Å². The normalized spacial score (nSPS) is 10.4. The molecule has 1 N–H and O–H groups in total. The monoisotopic (exact) mass is 267 g/mol. The number of nitrogens with one attached hydrogen (secondary N) is 1. The van der Waals surface area contributed by atoms with Gasteiger partial charge in [0.2, 0.25) is 5.91 Å². The van der Waals surface area contributed by atoms with E-state index in [1.54, 1.807) is 6.07 Å². The van der Waals surface area contributed by atoms with Gasteiger partial charge < -0.3 is 5.32 Å². The van der Waals surface area contributed by atoms with Crippen molar-refractivity contribution in [3.63, 3.8) is 0 Å². The Bertz CT molecular complexity index is 580. The standard InChI is InChI=1S/C13H11F2NOS/c1-8(17)16-7-10-3-5-13(18-10)11-4-2-9(14)6-12(11)15/h2-6H,7H2,1H3,(H,16,17). The second kappa shape index (κ2) is 5.27. The molecule has 0 aliphatic heterocycles. The molecule has 1 aromatic heterocycles. The third kappa shape index (κ3) is 2.92. The summed E-state index contributed by atoms with van der Waals surface area (Å²) in [6.45, 7) is 1.86. The van der Waals surface area contributed by atoms with E-state index in [1.165, 1.54) is 30.4 Å². The number of halogens is 2. The zero-order valence-electron chi connectivity index (χ0n) is 9.67. The van der Waals surface area contributed by atoms with E-state index in [0.29, 0.717) is 17.0 Å². The fourth-order valence-corrected chi connectivity index (χ4v) is 2.49. The van der Waals surface area contributed by atoms with Gasteiger partial charge in [0.1, 0.15) is 11.6 Å². The number of amides is 1. The van der Waals surface area contributed by atoms with Gasteiger partial charge in [-0.2, -0.15) is 0 Å². The van der Waals surface area contributed by atoms with Crippen LogP contribution in [0.2, 0.25) is 0 Å². The highest BCUT2D eigenvalue weighted by molar-refractivity contribution is 7.15. The Morgan fingerprint density at radius 1 is 1.28 bits per heavy atom. The molecule has 0 saturated carbocycles. The Kier molecular flexibility index (Phi) is 3.72. The molecule has 5 heteroatoms. The average molecular weight is 267 g/mol. The van der Waals surface area contributed by atoms with E-state index < -0.39 is 11.6 Å². The van der Waals surface area contributed by atoms with Crippen molar-refractivity contribution in [2.75, 3.05) is 0 Å². The van der Waals surface area contributed by atoms with Crippen molar-refractivity contribution < 1.29 is 13.6 Å². The Hall–Kier alpha value is -1.75. The summed E-state index contributed by atoms with van der Waals surface area (Å²) in [5.41, 5.74) is 0.371. The molecule has 0 bridgehead atoms. The molecular weight excluding hydrogens is 256 g/mol. The lowest BCUT2D eigenvalue weighted by Gasteiger charge is -2.00. The summed E-state index contributed by atoms with van der Waals surface area (Å²) in [5, 5.41) is 2.67. The Labute approximate surface area is 107 Å². The van der Waals surface area contributed by atoms with Gasteiger partial charge >= 0.3 is 0 Å². The quantitative estimate of drug-likeness (QED) is 0.908. The molecule has 0 fully saturated rings. The van der Waals surface area contributed by atoms with Crippen molar-refractivity contribution in [3.8, 4) is 10.4 Å². The van der Waals surface area contributed by atoms with Crippen LogP contribution in [0.25, 0.3) is 10.4 Å². The van der Waals surface area contributed by atoms with E-state index in [0.717, 1.165) is 10.9 Å². The van der Waals surface area contributed by atoms with Gasteiger partial charge in [-0.3, -0.25) is 4.79 Å². The first kappa shape index (κ1) is 12.7. The molecule has 0 radical (unpaired) electrons. The molecule has 0 unspecified atom stereocenters. The van der Waals surface area contributed by atoms with Gasteiger partial charge in [0.05, 0.1) is 6.54 Å². The highest BCUT2D eigenvalue weighted by Gasteiger charge is 2.09. The summed E-state index contributed by atoms with van der Waals surface area (Å²) in [4.78, 5) is 12.4. The zero-order chi connectivity index (χ0) is 13.1. The smallest absolute Gasteiger partial charge is 0.217 e. The van der Waals surface area contributed by atoms with Crippen molar-refractivity contribution in [3.05, 3.63) is 46.8 Å². The fraction of sp³-hybridized carbons (Fsp3) is 0.154. The fourth-order valence-electron chi connectivity index (χ4n) is 1.52. The van der Waals surface area contributed by atoms with Gasteiger partial charge in [0.25, 0.3) is 0 Å². The highest BCUT2D eigenvalue weighted by atomic mass is 32.1. The zero-order valence-corrected chi connectivity index (χ0v) is 10.5. The van der Waals surface area contributed by atoms with Gasteiger partial charge in [0.15, 0.2) is 0 Å². The minimum Gasteiger partial charge on any atom is -0.351 e. The van der Waals surface area contributed by atoms with Gasteiger partial charge in [-0.25, -0.2) is 8.78 Å². The number of carbonyl (C=O) groups is 1. The second-order valence-electron chi connectivity index (χ2n) is 3.80. The molecular formula is C13H11F2NOS. The lowest BCUT2D eigenvalue weighted by atomic mass is 10.2. The van der Waals surface area contributed by atoms with E-state index >= 15 is 0 Å². The van der Waals surface area contributed by atoms with Crippen LogP contribution in [0, 0.1) is 11.6 Å². The summed E-state index contributed by atoms with van der Waals surface area (Å²) >= 11 is 1.37. The molecule has 0 aliphatic rings. The molecule has 1 heterocycles. The predicted octanol–water partition coefficient (Wildman–Crippen LogP) is 3.33. The van der Waals surface area contributed by atoms with Crippen LogP contribution in [0.1, 0.15) is 11.8 Å². The van der Waals surface area contributed by atoms with Crippen molar-refractivity contribution in [1.29, 1.82) is 0 Å². The van der Waals surface area contributed by atoms with E-state index in [4.69, 9.17) is 0 Å². The molecule has 0 saturated heterocycles. The Balaban J connectivity index is 2.21. The average Bonchev–Trinajstić information content (AvgIpc) is 2.75. The van der Waals surface area contributed by atoms with Crippen LogP contribution >= 0.6 is 11.3 Å². The van der Waals surface area contributed by atoms with Crippen LogP contribution in [0.3, 0.4) is 0 Å². The molecule has 1 amide bonds. The predicted molar refractivity (Wildman–Crippen MR) is 67.2 cm³/mol. The number of thiophene rings is 1. The molecule has 0 atom stereocenters. The summed E-state index contributed by atoms with van der Waals surface area (Å²) < 4.78 is 26.4. The topological polar surface area (TPSA) is 29.1 Å². The van der Waals surface area contributed by atoms with Gasteiger partial charge in [-0.05, 0) is 24.3 Å². The minimum absolute atomic E-state index is 0.113. The Morgan fingerprint density at radius 2 is 2.06 bits per heavy atom. The van der Waals surface area contributed by atoms with Crippen LogP contribution in [0.5, 0.6) is 0 Å². The largest absolute Gasteiger partial charge is 0.351 e. The molecule has 0 aliphatic carbocycles. The van der Waals surface area contributed by atoms with Crippen molar-refractivity contribution in [1.82, 2.24) is 5.32 Å². The number of rotatable bonds is 3. The number of carbonyl (C=O) groups excluding carboxylic acids is 1. The van der Waals surface area contributed by atoms with Crippen LogP contribution in [0.4, 0.5) is 8.78 Å². The van der Waals surface area contributed by atoms with Crippen LogP contribution in [-0.2, 0) is 11.3 Å². The van der Waals surface area contributed by atoms with Crippen molar-refractivity contribution >= 4 is 17.2 Å². The first-order valence-corrected chi connectivity index (χ1v) is 6.16. The molecule has 2 nitrogen and oxygen atoms in total. The third-order valence-corrected chi connectivity index (χ3v) is 3.49. The van der Waals surface area contributed by atoms with Crippen molar-refractivity contribution in [2.24, 2.45) is 0 Å². The minimum atomic E-state index is -0.591. The van der Waals surface area contributed by atoms with Gasteiger partial charge in [-0.1, -0.05) is 0 Å². The summed E-state index contributed by atoms with van der Waals surface area (Å²) in [6.07, 6.45) is 0. The molecule has 0 spiro atoms. The second-order valence-corrected chi connectivity index (χ2v) is 4.97. The highest BCUT2D eigenvalue weighted by Crippen LogP contribution is 2.30. The van der Waals surface area contributed by atoms with Crippen LogP contribution < -0.4 is 5.32 Å². The number of benzene rings is 1. The molecule has 18 heavy (non-hydrogen) atoms. The maximum Gasteiger partial charge on any atom is 0.217 e. The third-order valence-electron chi connectivity index (χ3n) is 2.37. The summed E-state index contributed by atoms with van der Waals surface area (Å²) in [7, 11) is 0. The first-order chi connectivity index (χ1) is 8.56. The maximum atomic E-state index is 13.6. The Morgan fingerprint density at radius 3 is 2.72 bits per heavy atom. The molecule has 2 rings (SSSR count). The summed E-state index contributed by atoms with van der Waals surface area (Å²) in [5.74, 6) is -1.29. The van der Waals surface area contributed by atoms with Gasteiger partial charge in [-0.15, -0.1) is 11.3 Å². The van der Waals surface area contributed by atoms with Crippen molar-refractivity contribution in [2.45, 2.75) is 13.5 Å². The lowest BCUT2D eigenvalue weighted by molar-refractivity contribution is -0.119. The molecule has 2 aromatic rings. The van der Waals surface area contributed by atoms with E-state index in [9.17, 15) is 13.6 Å². The van der Waals surface area contributed by atoms with E-state index in [-0.39, 0.29) is 5.91 Å². The van der Waals surface area contributed by atoms with Gasteiger partial charge in [0, 0.05) is 28.3 Å². The SMILES string of the molecule is CC(=O)NCc1ccc(-c2ccc(F)cc2F)s1. The number of hydrogen-bond acceptors (Lipinski definition) is 2. The lowest BCUT2D eigenvalue weighted by Crippen LogP contribution is -2.17. The molecule has 94 valence electrons. The molecule has 1 aromatic carbocycles. The van der Waals surface area contributed by atoms with E-state index in [1.807, 2.05) is 6.07 Å². The maximum absolute atomic E-state index is 13.6. The first-order valence-electron chi connectivity index (χ1n) is 5.35.